The van der Waals surface area contributed by atoms with Crippen LogP contribution in [0.1, 0.15) is 15.9 Å². The van der Waals surface area contributed by atoms with Crippen molar-refractivity contribution in [3.05, 3.63) is 65.2 Å². The first-order valence-corrected chi connectivity index (χ1v) is 6.89. The van der Waals surface area contributed by atoms with E-state index >= 15 is 0 Å². The van der Waals surface area contributed by atoms with Crippen molar-refractivity contribution in [3.8, 4) is 17.6 Å². The van der Waals surface area contributed by atoms with Gasteiger partial charge in [-0.2, -0.15) is 14.0 Å². The molecule has 0 unspecified atom stereocenters. The van der Waals surface area contributed by atoms with Crippen molar-refractivity contribution in [3.63, 3.8) is 0 Å². The first-order chi connectivity index (χ1) is 11.5. The standard InChI is InChI=1S/C18H13F2NO3/c1-23-15-8-7-12(10-16(15)24-18(19)20)9-14(11-21)17(22)13-5-3-2-4-6-13/h2-10,18H,1H3/b14-9+. The molecule has 0 spiro atoms. The van der Waals surface area contributed by atoms with E-state index in [0.717, 1.165) is 0 Å². The van der Waals surface area contributed by atoms with Crippen molar-refractivity contribution in [2.75, 3.05) is 7.11 Å². The number of ether oxygens (including phenoxy) is 2. The Morgan fingerprint density at radius 1 is 1.17 bits per heavy atom. The van der Waals surface area contributed by atoms with Gasteiger partial charge in [-0.1, -0.05) is 36.4 Å². The number of nitrogens with zero attached hydrogens (tertiary/aromatic N) is 1. The molecule has 0 saturated heterocycles. The van der Waals surface area contributed by atoms with E-state index in [1.807, 2.05) is 6.07 Å². The van der Waals surface area contributed by atoms with Crippen LogP contribution in [-0.4, -0.2) is 19.5 Å². The Hall–Kier alpha value is -3.20. The maximum Gasteiger partial charge on any atom is 0.387 e. The van der Waals surface area contributed by atoms with E-state index in [1.165, 1.54) is 31.4 Å². The number of nitriles is 1. The number of benzene rings is 2. The van der Waals surface area contributed by atoms with Gasteiger partial charge in [0, 0.05) is 5.56 Å². The lowest BCUT2D eigenvalue weighted by molar-refractivity contribution is -0.0512. The van der Waals surface area contributed by atoms with E-state index < -0.39 is 12.4 Å². The van der Waals surface area contributed by atoms with E-state index in [0.29, 0.717) is 11.1 Å². The molecule has 0 amide bonds. The lowest BCUT2D eigenvalue weighted by Gasteiger charge is -2.10. The maximum absolute atomic E-state index is 12.4. The number of hydrogen-bond acceptors (Lipinski definition) is 4. The summed E-state index contributed by atoms with van der Waals surface area (Å²) in [5.41, 5.74) is 0.615. The lowest BCUT2D eigenvalue weighted by Crippen LogP contribution is -2.04. The first-order valence-electron chi connectivity index (χ1n) is 6.89. The third-order valence-electron chi connectivity index (χ3n) is 3.12. The molecule has 0 aliphatic carbocycles. The highest BCUT2D eigenvalue weighted by molar-refractivity contribution is 6.14. The van der Waals surface area contributed by atoms with E-state index in [1.54, 1.807) is 30.3 Å². The van der Waals surface area contributed by atoms with Crippen LogP contribution in [-0.2, 0) is 0 Å². The largest absolute Gasteiger partial charge is 0.493 e. The van der Waals surface area contributed by atoms with E-state index in [2.05, 4.69) is 4.74 Å². The predicted molar refractivity (Wildman–Crippen MR) is 84.0 cm³/mol. The highest BCUT2D eigenvalue weighted by Gasteiger charge is 2.14. The zero-order chi connectivity index (χ0) is 17.5. The summed E-state index contributed by atoms with van der Waals surface area (Å²) in [7, 11) is 1.32. The van der Waals surface area contributed by atoms with Crippen LogP contribution in [0, 0.1) is 11.3 Å². The minimum absolute atomic E-state index is 0.116. The minimum atomic E-state index is -3.01. The molecule has 4 nitrogen and oxygen atoms in total. The van der Waals surface area contributed by atoms with Crippen molar-refractivity contribution in [1.29, 1.82) is 5.26 Å². The molecule has 0 bridgehead atoms. The molecule has 0 aromatic heterocycles. The fourth-order valence-corrected chi connectivity index (χ4v) is 2.03. The summed E-state index contributed by atoms with van der Waals surface area (Å²) < 4.78 is 34.2. The number of rotatable bonds is 6. The summed E-state index contributed by atoms with van der Waals surface area (Å²) >= 11 is 0. The first kappa shape index (κ1) is 17.2. The maximum atomic E-state index is 12.4. The fraction of sp³-hybridized carbons (Fsp3) is 0.111. The van der Waals surface area contributed by atoms with Crippen molar-refractivity contribution >= 4 is 11.9 Å². The van der Waals surface area contributed by atoms with Crippen molar-refractivity contribution in [1.82, 2.24) is 0 Å². The summed E-state index contributed by atoms with van der Waals surface area (Å²) in [5, 5.41) is 9.22. The topological polar surface area (TPSA) is 59.3 Å². The molecule has 0 N–H and O–H groups in total. The molecule has 2 aromatic rings. The Labute approximate surface area is 137 Å². The molecular weight excluding hydrogens is 316 g/mol. The van der Waals surface area contributed by atoms with Gasteiger partial charge in [-0.3, -0.25) is 4.79 Å². The van der Waals surface area contributed by atoms with Gasteiger partial charge in [-0.25, -0.2) is 0 Å². The average molecular weight is 329 g/mol. The van der Waals surface area contributed by atoms with Crippen LogP contribution in [0.3, 0.4) is 0 Å². The second kappa shape index (κ2) is 7.88. The number of methoxy groups -OCH3 is 1. The number of alkyl halides is 2. The van der Waals surface area contributed by atoms with Crippen molar-refractivity contribution < 1.29 is 23.0 Å². The van der Waals surface area contributed by atoms with Crippen LogP contribution in [0.2, 0.25) is 0 Å². The van der Waals surface area contributed by atoms with Gasteiger partial charge in [0.25, 0.3) is 0 Å². The molecule has 2 aromatic carbocycles. The van der Waals surface area contributed by atoms with Gasteiger partial charge in [-0.15, -0.1) is 0 Å². The third-order valence-corrected chi connectivity index (χ3v) is 3.12. The molecule has 6 heteroatoms. The number of hydrogen-bond donors (Lipinski definition) is 0. The number of Topliss-reactive ketones (excluding diaryl/α,β-unsaturated/α-hetero) is 1. The van der Waals surface area contributed by atoms with Gasteiger partial charge in [0.2, 0.25) is 5.78 Å². The lowest BCUT2D eigenvalue weighted by atomic mass is 10.0. The molecule has 0 aliphatic heterocycles. The summed E-state index contributed by atoms with van der Waals surface area (Å²) in [6.07, 6.45) is 1.31. The summed E-state index contributed by atoms with van der Waals surface area (Å²) in [6, 6.07) is 14.4. The van der Waals surface area contributed by atoms with Gasteiger partial charge in [0.1, 0.15) is 11.6 Å². The van der Waals surface area contributed by atoms with Gasteiger partial charge in [0.05, 0.1) is 7.11 Å². The van der Waals surface area contributed by atoms with E-state index in [4.69, 9.17) is 4.74 Å². The molecular formula is C18H13F2NO3. The monoisotopic (exact) mass is 329 g/mol. The highest BCUT2D eigenvalue weighted by atomic mass is 19.3. The minimum Gasteiger partial charge on any atom is -0.493 e. The van der Waals surface area contributed by atoms with Crippen LogP contribution < -0.4 is 9.47 Å². The molecule has 2 rings (SSSR count). The second-order valence-corrected chi connectivity index (χ2v) is 4.65. The predicted octanol–water partition coefficient (Wildman–Crippen LogP) is 4.09. The molecule has 122 valence electrons. The molecule has 0 fully saturated rings. The van der Waals surface area contributed by atoms with E-state index in [-0.39, 0.29) is 17.1 Å². The van der Waals surface area contributed by atoms with Crippen LogP contribution >= 0.6 is 0 Å². The van der Waals surface area contributed by atoms with Crippen molar-refractivity contribution in [2.24, 2.45) is 0 Å². The summed E-state index contributed by atoms with van der Waals surface area (Å²) in [6.45, 7) is -3.01. The van der Waals surface area contributed by atoms with Gasteiger partial charge >= 0.3 is 6.61 Å². The number of carbonyl (C=O) groups excluding carboxylic acids is 1. The van der Waals surface area contributed by atoms with Crippen LogP contribution in [0.25, 0.3) is 6.08 Å². The molecule has 0 atom stereocenters. The summed E-state index contributed by atoms with van der Waals surface area (Å²) in [5.74, 6) is -0.503. The third kappa shape index (κ3) is 4.17. The Balaban J connectivity index is 2.37. The Kier molecular flexibility index (Phi) is 5.63. The molecule has 0 saturated carbocycles. The zero-order valence-corrected chi connectivity index (χ0v) is 12.7. The molecule has 0 heterocycles. The van der Waals surface area contributed by atoms with Gasteiger partial charge < -0.3 is 9.47 Å². The van der Waals surface area contributed by atoms with Crippen LogP contribution in [0.15, 0.2) is 54.1 Å². The Morgan fingerprint density at radius 2 is 1.88 bits per heavy atom. The smallest absolute Gasteiger partial charge is 0.387 e. The Bertz CT molecular complexity index is 796. The van der Waals surface area contributed by atoms with Crippen LogP contribution in [0.5, 0.6) is 11.5 Å². The molecule has 0 aliphatic rings. The quantitative estimate of drug-likeness (QED) is 0.455. The highest BCUT2D eigenvalue weighted by Crippen LogP contribution is 2.30. The second-order valence-electron chi connectivity index (χ2n) is 4.65. The Morgan fingerprint density at radius 3 is 2.46 bits per heavy atom. The molecule has 0 radical (unpaired) electrons. The molecule has 24 heavy (non-hydrogen) atoms. The number of ketones is 1. The van der Waals surface area contributed by atoms with Gasteiger partial charge in [-0.05, 0) is 23.8 Å². The van der Waals surface area contributed by atoms with Crippen LogP contribution in [0.4, 0.5) is 8.78 Å². The zero-order valence-electron chi connectivity index (χ0n) is 12.7. The van der Waals surface area contributed by atoms with Gasteiger partial charge in [0.15, 0.2) is 11.5 Å². The normalized spacial score (nSPS) is 11.0. The number of allylic oxidation sites excluding steroid dienone is 1. The summed E-state index contributed by atoms with van der Waals surface area (Å²) in [4.78, 5) is 12.3. The average Bonchev–Trinajstić information content (AvgIpc) is 2.59. The number of halogens is 2. The van der Waals surface area contributed by atoms with Crippen molar-refractivity contribution in [2.45, 2.75) is 6.61 Å². The number of carbonyl (C=O) groups is 1. The fourth-order valence-electron chi connectivity index (χ4n) is 2.03. The SMILES string of the molecule is COc1ccc(/C=C(\C#N)C(=O)c2ccccc2)cc1OC(F)F. The van der Waals surface area contributed by atoms with E-state index in [9.17, 15) is 18.8 Å².